The molecule has 2 aliphatic rings. The summed E-state index contributed by atoms with van der Waals surface area (Å²) in [6, 6.07) is 5.22. The van der Waals surface area contributed by atoms with Crippen molar-refractivity contribution in [3.8, 4) is 5.75 Å². The molecule has 1 aromatic carbocycles. The average molecular weight is 395 g/mol. The zero-order chi connectivity index (χ0) is 19.4. The maximum atomic E-state index is 12.6. The van der Waals surface area contributed by atoms with Crippen molar-refractivity contribution in [2.24, 2.45) is 0 Å². The number of benzene rings is 1. The predicted octanol–water partition coefficient (Wildman–Crippen LogP) is 1.80. The van der Waals surface area contributed by atoms with Gasteiger partial charge in [0.25, 0.3) is 0 Å². The first-order valence-electron chi connectivity index (χ1n) is 9.34. The van der Waals surface area contributed by atoms with Gasteiger partial charge in [0.2, 0.25) is 5.91 Å². The maximum absolute atomic E-state index is 12.6. The molecule has 1 atom stereocenters. The van der Waals surface area contributed by atoms with Crippen LogP contribution in [0.25, 0.3) is 0 Å². The summed E-state index contributed by atoms with van der Waals surface area (Å²) in [5, 5.41) is 3.51. The van der Waals surface area contributed by atoms with Gasteiger partial charge >= 0.3 is 6.03 Å². The first kappa shape index (κ1) is 19.8. The third-order valence-electron chi connectivity index (χ3n) is 5.36. The highest BCUT2D eigenvalue weighted by Crippen LogP contribution is 2.23. The lowest BCUT2D eigenvalue weighted by molar-refractivity contribution is -0.137. The second kappa shape index (κ2) is 8.80. The molecule has 0 aliphatic carbocycles. The monoisotopic (exact) mass is 394 g/mol. The number of likely N-dealkylation sites (tertiary alicyclic amines) is 1. The molecule has 7 nitrogen and oxygen atoms in total. The van der Waals surface area contributed by atoms with Gasteiger partial charge < -0.3 is 19.9 Å². The number of likely N-dealkylation sites (N-methyl/N-ethyl adjacent to an activating group) is 1. The Hall–Kier alpha value is -1.99. The van der Waals surface area contributed by atoms with Crippen LogP contribution in [0.4, 0.5) is 4.79 Å². The first-order chi connectivity index (χ1) is 13.0. The van der Waals surface area contributed by atoms with Crippen molar-refractivity contribution >= 4 is 23.5 Å². The van der Waals surface area contributed by atoms with E-state index in [2.05, 4.69) is 10.2 Å². The lowest BCUT2D eigenvalue weighted by Crippen LogP contribution is -2.55. The summed E-state index contributed by atoms with van der Waals surface area (Å²) in [4.78, 5) is 30.9. The van der Waals surface area contributed by atoms with Crippen LogP contribution in [0.15, 0.2) is 18.2 Å². The number of rotatable bonds is 4. The van der Waals surface area contributed by atoms with E-state index >= 15 is 0 Å². The van der Waals surface area contributed by atoms with Crippen LogP contribution in [-0.2, 0) is 11.3 Å². The highest BCUT2D eigenvalue weighted by molar-refractivity contribution is 6.30. The van der Waals surface area contributed by atoms with Crippen LogP contribution in [-0.4, -0.2) is 79.6 Å². The van der Waals surface area contributed by atoms with E-state index in [0.717, 1.165) is 24.9 Å². The van der Waals surface area contributed by atoms with Gasteiger partial charge in [-0.3, -0.25) is 9.69 Å². The summed E-state index contributed by atoms with van der Waals surface area (Å²) in [6.45, 7) is 3.61. The molecule has 0 aromatic heterocycles. The first-order valence-corrected chi connectivity index (χ1v) is 9.71. The number of nitrogens with one attached hydrogen (secondary N) is 1. The van der Waals surface area contributed by atoms with Crippen LogP contribution in [0.3, 0.4) is 0 Å². The number of urea groups is 1. The maximum Gasteiger partial charge on any atom is 0.317 e. The molecule has 8 heteroatoms. The fourth-order valence-electron chi connectivity index (χ4n) is 3.71. The van der Waals surface area contributed by atoms with Gasteiger partial charge in [-0.15, -0.1) is 0 Å². The van der Waals surface area contributed by atoms with E-state index in [9.17, 15) is 9.59 Å². The second-order valence-electron chi connectivity index (χ2n) is 7.07. The van der Waals surface area contributed by atoms with Crippen molar-refractivity contribution in [2.75, 3.05) is 46.9 Å². The van der Waals surface area contributed by atoms with Crippen LogP contribution in [0, 0.1) is 0 Å². The molecule has 27 heavy (non-hydrogen) atoms. The quantitative estimate of drug-likeness (QED) is 0.845. The molecule has 0 bridgehead atoms. The smallest absolute Gasteiger partial charge is 0.317 e. The Balaban J connectivity index is 1.48. The van der Waals surface area contributed by atoms with Gasteiger partial charge in [0.1, 0.15) is 5.75 Å². The van der Waals surface area contributed by atoms with E-state index in [1.165, 1.54) is 0 Å². The Morgan fingerprint density at radius 1 is 1.19 bits per heavy atom. The van der Waals surface area contributed by atoms with Gasteiger partial charge in [-0.2, -0.15) is 0 Å². The van der Waals surface area contributed by atoms with Crippen molar-refractivity contribution in [1.82, 2.24) is 20.0 Å². The van der Waals surface area contributed by atoms with Crippen molar-refractivity contribution in [3.63, 3.8) is 0 Å². The number of nitrogens with zero attached hydrogens (tertiary/aromatic N) is 3. The zero-order valence-corrected chi connectivity index (χ0v) is 16.7. The van der Waals surface area contributed by atoms with Crippen LogP contribution < -0.4 is 10.1 Å². The average Bonchev–Trinajstić information content (AvgIpc) is 3.12. The molecule has 2 fully saturated rings. The Bertz CT molecular complexity index is 692. The van der Waals surface area contributed by atoms with Crippen molar-refractivity contribution < 1.29 is 14.3 Å². The van der Waals surface area contributed by atoms with Crippen LogP contribution >= 0.6 is 11.6 Å². The Labute approximate surface area is 165 Å². The molecule has 2 aliphatic heterocycles. The fourth-order valence-corrected chi connectivity index (χ4v) is 3.87. The number of ether oxygens (including phenoxy) is 1. The normalized spacial score (nSPS) is 20.6. The molecule has 2 heterocycles. The number of carbonyl (C=O) groups excluding carboxylic acids is 2. The van der Waals surface area contributed by atoms with E-state index < -0.39 is 0 Å². The number of carbonyl (C=O) groups is 2. The summed E-state index contributed by atoms with van der Waals surface area (Å²) in [5.41, 5.74) is 0.869. The lowest BCUT2D eigenvalue weighted by Gasteiger charge is -2.36. The molecule has 148 valence electrons. The number of methoxy groups -OCH3 is 1. The number of piperazine rings is 1. The molecule has 0 spiro atoms. The molecule has 1 N–H and O–H groups in total. The SMILES string of the molecule is COc1cc(Cl)ccc1CNC(=O)N1CCN(C(=O)C2CCCN2C)CC1. The third-order valence-corrected chi connectivity index (χ3v) is 5.60. The van der Waals surface area contributed by atoms with Crippen LogP contribution in [0.2, 0.25) is 5.02 Å². The number of hydrogen-bond donors (Lipinski definition) is 1. The molecule has 3 rings (SSSR count). The van der Waals surface area contributed by atoms with Gasteiger partial charge in [0, 0.05) is 43.3 Å². The molecular weight excluding hydrogens is 368 g/mol. The largest absolute Gasteiger partial charge is 0.496 e. The minimum absolute atomic E-state index is 0.00254. The number of amides is 3. The molecular formula is C19H27ClN4O3. The van der Waals surface area contributed by atoms with E-state index in [4.69, 9.17) is 16.3 Å². The predicted molar refractivity (Wildman–Crippen MR) is 104 cm³/mol. The van der Waals surface area contributed by atoms with Crippen LogP contribution in [0.5, 0.6) is 5.75 Å². The van der Waals surface area contributed by atoms with Crippen LogP contribution in [0.1, 0.15) is 18.4 Å². The zero-order valence-electron chi connectivity index (χ0n) is 15.9. The van der Waals surface area contributed by atoms with Crippen molar-refractivity contribution in [2.45, 2.75) is 25.4 Å². The Kier molecular flexibility index (Phi) is 6.44. The summed E-state index contributed by atoms with van der Waals surface area (Å²) < 4.78 is 5.30. The molecule has 0 saturated carbocycles. The molecule has 3 amide bonds. The van der Waals surface area contributed by atoms with E-state index in [1.807, 2.05) is 18.0 Å². The topological polar surface area (TPSA) is 65.1 Å². The highest BCUT2D eigenvalue weighted by Gasteiger charge is 2.33. The summed E-state index contributed by atoms with van der Waals surface area (Å²) in [6.07, 6.45) is 2.00. The second-order valence-corrected chi connectivity index (χ2v) is 7.50. The summed E-state index contributed by atoms with van der Waals surface area (Å²) >= 11 is 5.96. The standard InChI is InChI=1S/C19H27ClN4O3/c1-22-7-3-4-16(22)18(25)23-8-10-24(11-9-23)19(26)21-13-14-5-6-15(20)12-17(14)27-2/h5-6,12,16H,3-4,7-11,13H2,1-2H3,(H,21,26). The van der Waals surface area contributed by atoms with Crippen molar-refractivity contribution in [3.05, 3.63) is 28.8 Å². The molecule has 0 radical (unpaired) electrons. The number of halogens is 1. The fraction of sp³-hybridized carbons (Fsp3) is 0.579. The van der Waals surface area contributed by atoms with Gasteiger partial charge in [0.15, 0.2) is 0 Å². The minimum atomic E-state index is -0.128. The third kappa shape index (κ3) is 4.65. The van der Waals surface area contributed by atoms with Gasteiger partial charge in [0.05, 0.1) is 13.2 Å². The van der Waals surface area contributed by atoms with Gasteiger partial charge in [-0.25, -0.2) is 4.79 Å². The Morgan fingerprint density at radius 3 is 2.52 bits per heavy atom. The van der Waals surface area contributed by atoms with Gasteiger partial charge in [-0.1, -0.05) is 17.7 Å². The highest BCUT2D eigenvalue weighted by atomic mass is 35.5. The van der Waals surface area contributed by atoms with Crippen molar-refractivity contribution in [1.29, 1.82) is 0 Å². The number of hydrogen-bond acceptors (Lipinski definition) is 4. The molecule has 1 aromatic rings. The van der Waals surface area contributed by atoms with E-state index in [0.29, 0.717) is 43.5 Å². The lowest BCUT2D eigenvalue weighted by atomic mass is 10.1. The van der Waals surface area contributed by atoms with E-state index in [1.54, 1.807) is 24.1 Å². The van der Waals surface area contributed by atoms with E-state index in [-0.39, 0.29) is 18.0 Å². The van der Waals surface area contributed by atoms with Gasteiger partial charge in [-0.05, 0) is 38.6 Å². The summed E-state index contributed by atoms with van der Waals surface area (Å²) in [5.74, 6) is 0.847. The molecule has 1 unspecified atom stereocenters. The molecule has 2 saturated heterocycles. The Morgan fingerprint density at radius 2 is 1.89 bits per heavy atom. The summed E-state index contributed by atoms with van der Waals surface area (Å²) in [7, 11) is 3.58. The minimum Gasteiger partial charge on any atom is -0.496 e.